The molecule has 6 heteroatoms. The standard InChI is InChI=1S/C20H19FN2O3/c1-3-5-16(24)14-11-22-20-13(6-4-7-17(20)25)19(14)23-15-9-8-12(21)10-18(15)26-2/h4,6-11,25H,3,5H2,1-2H3,(H,22,23). The maximum atomic E-state index is 13.5. The zero-order valence-electron chi connectivity index (χ0n) is 14.5. The number of carbonyl (C=O) groups is 1. The molecule has 0 aliphatic heterocycles. The summed E-state index contributed by atoms with van der Waals surface area (Å²) >= 11 is 0. The van der Waals surface area contributed by atoms with Crippen molar-refractivity contribution >= 4 is 28.1 Å². The van der Waals surface area contributed by atoms with Gasteiger partial charge in [-0.2, -0.15) is 0 Å². The highest BCUT2D eigenvalue weighted by atomic mass is 19.1. The molecule has 0 saturated heterocycles. The fourth-order valence-corrected chi connectivity index (χ4v) is 2.82. The van der Waals surface area contributed by atoms with Gasteiger partial charge in [0.1, 0.15) is 22.8 Å². The van der Waals surface area contributed by atoms with Crippen LogP contribution in [0, 0.1) is 5.82 Å². The van der Waals surface area contributed by atoms with Gasteiger partial charge in [0.25, 0.3) is 0 Å². The van der Waals surface area contributed by atoms with Crippen molar-refractivity contribution in [3.8, 4) is 11.5 Å². The SMILES string of the molecule is CCCC(=O)c1cnc2c(O)cccc2c1Nc1ccc(F)cc1OC. The monoisotopic (exact) mass is 354 g/mol. The summed E-state index contributed by atoms with van der Waals surface area (Å²) in [4.78, 5) is 16.8. The van der Waals surface area contributed by atoms with Crippen molar-refractivity contribution in [2.45, 2.75) is 19.8 Å². The number of benzene rings is 2. The first-order valence-electron chi connectivity index (χ1n) is 8.29. The summed E-state index contributed by atoms with van der Waals surface area (Å²) in [6, 6.07) is 9.09. The second-order valence-electron chi connectivity index (χ2n) is 5.86. The zero-order valence-corrected chi connectivity index (χ0v) is 14.5. The fourth-order valence-electron chi connectivity index (χ4n) is 2.82. The number of anilines is 2. The van der Waals surface area contributed by atoms with E-state index in [0.717, 1.165) is 0 Å². The lowest BCUT2D eigenvalue weighted by Crippen LogP contribution is -2.06. The van der Waals surface area contributed by atoms with Crippen LogP contribution in [-0.2, 0) is 0 Å². The molecule has 0 saturated carbocycles. The third-order valence-corrected chi connectivity index (χ3v) is 4.08. The number of aromatic nitrogens is 1. The maximum absolute atomic E-state index is 13.5. The van der Waals surface area contributed by atoms with Crippen molar-refractivity contribution in [3.05, 3.63) is 54.0 Å². The molecule has 26 heavy (non-hydrogen) atoms. The van der Waals surface area contributed by atoms with E-state index in [4.69, 9.17) is 4.74 Å². The number of ether oxygens (including phenoxy) is 1. The van der Waals surface area contributed by atoms with Crippen LogP contribution in [0.25, 0.3) is 10.9 Å². The number of methoxy groups -OCH3 is 1. The van der Waals surface area contributed by atoms with Gasteiger partial charge < -0.3 is 15.2 Å². The van der Waals surface area contributed by atoms with Gasteiger partial charge >= 0.3 is 0 Å². The third kappa shape index (κ3) is 3.31. The molecule has 1 aromatic heterocycles. The number of aromatic hydroxyl groups is 1. The van der Waals surface area contributed by atoms with Crippen LogP contribution >= 0.6 is 0 Å². The Bertz CT molecular complexity index is 973. The highest BCUT2D eigenvalue weighted by Crippen LogP contribution is 2.36. The average Bonchev–Trinajstić information content (AvgIpc) is 2.63. The highest BCUT2D eigenvalue weighted by Gasteiger charge is 2.18. The Morgan fingerprint density at radius 1 is 1.31 bits per heavy atom. The molecule has 1 heterocycles. The molecule has 0 atom stereocenters. The van der Waals surface area contributed by atoms with Gasteiger partial charge in [0.05, 0.1) is 24.0 Å². The number of halogens is 1. The Morgan fingerprint density at radius 3 is 2.85 bits per heavy atom. The summed E-state index contributed by atoms with van der Waals surface area (Å²) in [6.07, 6.45) is 2.54. The molecule has 0 aliphatic rings. The molecule has 0 aliphatic carbocycles. The quantitative estimate of drug-likeness (QED) is 0.621. The minimum absolute atomic E-state index is 0.0195. The van der Waals surface area contributed by atoms with Gasteiger partial charge in [0.15, 0.2) is 5.78 Å². The summed E-state index contributed by atoms with van der Waals surface area (Å²) in [7, 11) is 1.44. The first-order chi connectivity index (χ1) is 12.5. The minimum atomic E-state index is -0.424. The van der Waals surface area contributed by atoms with Gasteiger partial charge in [0.2, 0.25) is 0 Å². The van der Waals surface area contributed by atoms with E-state index < -0.39 is 5.82 Å². The number of para-hydroxylation sites is 1. The molecular formula is C20H19FN2O3. The molecule has 0 radical (unpaired) electrons. The van der Waals surface area contributed by atoms with Gasteiger partial charge in [-0.15, -0.1) is 0 Å². The first-order valence-corrected chi connectivity index (χ1v) is 8.29. The number of hydrogen-bond donors (Lipinski definition) is 2. The number of nitrogens with one attached hydrogen (secondary N) is 1. The molecule has 5 nitrogen and oxygen atoms in total. The van der Waals surface area contributed by atoms with Crippen LogP contribution in [0.4, 0.5) is 15.8 Å². The van der Waals surface area contributed by atoms with E-state index in [2.05, 4.69) is 10.3 Å². The lowest BCUT2D eigenvalue weighted by molar-refractivity contribution is 0.0982. The Balaban J connectivity index is 2.20. The number of phenols is 1. The van der Waals surface area contributed by atoms with E-state index in [-0.39, 0.29) is 11.5 Å². The maximum Gasteiger partial charge on any atom is 0.166 e. The number of pyridine rings is 1. The largest absolute Gasteiger partial charge is 0.506 e. The normalized spacial score (nSPS) is 10.7. The lowest BCUT2D eigenvalue weighted by atomic mass is 10.0. The number of carbonyl (C=O) groups excluding carboxylic acids is 1. The second-order valence-corrected chi connectivity index (χ2v) is 5.86. The van der Waals surface area contributed by atoms with Crippen LogP contribution in [0.15, 0.2) is 42.6 Å². The Kier molecular flexibility index (Phi) is 5.02. The predicted molar refractivity (Wildman–Crippen MR) is 98.9 cm³/mol. The topological polar surface area (TPSA) is 71.5 Å². The van der Waals surface area contributed by atoms with E-state index in [1.807, 2.05) is 6.92 Å². The summed E-state index contributed by atoms with van der Waals surface area (Å²) in [6.45, 7) is 1.92. The van der Waals surface area contributed by atoms with E-state index >= 15 is 0 Å². The average molecular weight is 354 g/mol. The summed E-state index contributed by atoms with van der Waals surface area (Å²) in [5, 5.41) is 13.8. The molecule has 3 rings (SSSR count). The molecule has 0 fully saturated rings. The lowest BCUT2D eigenvalue weighted by Gasteiger charge is -2.16. The van der Waals surface area contributed by atoms with Crippen molar-refractivity contribution in [2.24, 2.45) is 0 Å². The smallest absolute Gasteiger partial charge is 0.166 e. The fraction of sp³-hybridized carbons (Fsp3) is 0.200. The molecular weight excluding hydrogens is 335 g/mol. The molecule has 0 spiro atoms. The summed E-state index contributed by atoms with van der Waals surface area (Å²) in [5.41, 5.74) is 1.81. The number of ketones is 1. The molecule has 134 valence electrons. The van der Waals surface area contributed by atoms with Crippen LogP contribution in [0.3, 0.4) is 0 Å². The van der Waals surface area contributed by atoms with Crippen LogP contribution in [0.1, 0.15) is 30.1 Å². The number of rotatable bonds is 6. The second kappa shape index (κ2) is 7.39. The van der Waals surface area contributed by atoms with Crippen molar-refractivity contribution < 1.29 is 19.0 Å². The summed E-state index contributed by atoms with van der Waals surface area (Å²) < 4.78 is 18.7. The van der Waals surface area contributed by atoms with Gasteiger partial charge in [-0.25, -0.2) is 4.39 Å². The molecule has 0 amide bonds. The molecule has 0 bridgehead atoms. The van der Waals surface area contributed by atoms with Crippen molar-refractivity contribution in [1.29, 1.82) is 0 Å². The van der Waals surface area contributed by atoms with E-state index in [0.29, 0.717) is 46.4 Å². The number of phenolic OH excluding ortho intramolecular Hbond substituents is 1. The number of hydrogen-bond acceptors (Lipinski definition) is 5. The van der Waals surface area contributed by atoms with E-state index in [1.165, 1.54) is 37.6 Å². The van der Waals surface area contributed by atoms with Crippen molar-refractivity contribution in [2.75, 3.05) is 12.4 Å². The minimum Gasteiger partial charge on any atom is -0.506 e. The molecule has 2 N–H and O–H groups in total. The number of nitrogens with zero attached hydrogens (tertiary/aromatic N) is 1. The number of Topliss-reactive ketones (excluding diaryl/α,β-unsaturated/α-hetero) is 1. The summed E-state index contributed by atoms with van der Waals surface area (Å²) in [5.74, 6) is -0.157. The third-order valence-electron chi connectivity index (χ3n) is 4.08. The van der Waals surface area contributed by atoms with Gasteiger partial charge in [-0.3, -0.25) is 9.78 Å². The van der Waals surface area contributed by atoms with E-state index in [9.17, 15) is 14.3 Å². The molecule has 2 aromatic carbocycles. The van der Waals surface area contributed by atoms with Crippen LogP contribution in [0.5, 0.6) is 11.5 Å². The Morgan fingerprint density at radius 2 is 2.12 bits per heavy atom. The van der Waals surface area contributed by atoms with Crippen molar-refractivity contribution in [3.63, 3.8) is 0 Å². The number of fused-ring (bicyclic) bond motifs is 1. The predicted octanol–water partition coefficient (Wildman–Crippen LogP) is 4.81. The van der Waals surface area contributed by atoms with Crippen LogP contribution in [0.2, 0.25) is 0 Å². The van der Waals surface area contributed by atoms with Gasteiger partial charge in [-0.05, 0) is 24.6 Å². The molecule has 0 unspecified atom stereocenters. The highest BCUT2D eigenvalue weighted by molar-refractivity contribution is 6.09. The Labute approximate surface area is 150 Å². The zero-order chi connectivity index (χ0) is 18.7. The van der Waals surface area contributed by atoms with Crippen molar-refractivity contribution in [1.82, 2.24) is 4.98 Å². The van der Waals surface area contributed by atoms with Crippen LogP contribution in [-0.4, -0.2) is 23.0 Å². The van der Waals surface area contributed by atoms with Crippen LogP contribution < -0.4 is 10.1 Å². The van der Waals surface area contributed by atoms with E-state index in [1.54, 1.807) is 12.1 Å². The van der Waals surface area contributed by atoms with Gasteiger partial charge in [-0.1, -0.05) is 19.1 Å². The first kappa shape index (κ1) is 17.7. The molecule has 3 aromatic rings. The Hall–Kier alpha value is -3.15. The van der Waals surface area contributed by atoms with Gasteiger partial charge in [0, 0.05) is 24.1 Å².